The fourth-order valence-electron chi connectivity index (χ4n) is 4.16. The van der Waals surface area contributed by atoms with Gasteiger partial charge in [-0.3, -0.25) is 14.5 Å². The molecule has 0 radical (unpaired) electrons. The lowest BCUT2D eigenvalue weighted by molar-refractivity contribution is -0.170. The Morgan fingerprint density at radius 1 is 1.05 bits per heavy atom. The Bertz CT molecular complexity index is 1300. The molecule has 1 aromatic carbocycles. The highest BCUT2D eigenvalue weighted by Crippen LogP contribution is 2.26. The van der Waals surface area contributed by atoms with Gasteiger partial charge in [-0.25, -0.2) is 9.78 Å². The van der Waals surface area contributed by atoms with Crippen LogP contribution in [0.4, 0.5) is 0 Å². The molecule has 3 aromatic rings. The lowest BCUT2D eigenvalue weighted by Crippen LogP contribution is -2.42. The first-order valence-corrected chi connectivity index (χ1v) is 12.6. The molecular weight excluding hydrogens is 522 g/mol. The second-order valence-corrected chi connectivity index (χ2v) is 9.48. The SMILES string of the molecule is Cc1ccc(CN(CCCn2ccnc2)CC2=Cc3ccccc3OC2)o1.O=C(O)CC(O)(CC(=O)O)C(=O)O. The first-order chi connectivity index (χ1) is 19.0. The van der Waals surface area contributed by atoms with Gasteiger partial charge >= 0.3 is 17.9 Å². The van der Waals surface area contributed by atoms with Gasteiger partial charge in [0, 0.05) is 37.6 Å². The number of hydrogen-bond acceptors (Lipinski definition) is 8. The van der Waals surface area contributed by atoms with E-state index in [2.05, 4.69) is 38.7 Å². The first-order valence-electron chi connectivity index (χ1n) is 12.6. The standard InChI is InChI=1S/C22H25N3O2.C6H8O7/c1-18-7-8-21(27-18)15-25(11-4-10-24-12-9-23-17-24)14-19-13-20-5-2-3-6-22(20)26-16-19;7-3(8)1-6(13,5(11)12)2-4(9)10/h2-3,5-9,12-13,17H,4,10-11,14-16H2,1H3;13H,1-2H2,(H,7,8)(H,9,10)(H,11,12). The van der Waals surface area contributed by atoms with E-state index in [1.807, 2.05) is 43.8 Å². The normalized spacial score (nSPS) is 12.5. The molecule has 1 aliphatic heterocycles. The van der Waals surface area contributed by atoms with E-state index in [-0.39, 0.29) is 0 Å². The Balaban J connectivity index is 0.000000289. The summed E-state index contributed by atoms with van der Waals surface area (Å²) in [7, 11) is 0. The first kappa shape index (κ1) is 30.1. The zero-order valence-corrected chi connectivity index (χ0v) is 22.1. The molecule has 0 spiro atoms. The van der Waals surface area contributed by atoms with E-state index in [0.717, 1.165) is 55.4 Å². The molecule has 2 aromatic heterocycles. The number of carbonyl (C=O) groups is 3. The molecule has 0 atom stereocenters. The number of para-hydroxylation sites is 1. The van der Waals surface area contributed by atoms with Crippen molar-refractivity contribution < 1.29 is 44.0 Å². The van der Waals surface area contributed by atoms with Crippen molar-refractivity contribution in [3.05, 3.63) is 77.8 Å². The summed E-state index contributed by atoms with van der Waals surface area (Å²) in [6.45, 7) is 6.26. The number of ether oxygens (including phenoxy) is 1. The number of aromatic nitrogens is 2. The van der Waals surface area contributed by atoms with Crippen molar-refractivity contribution in [1.82, 2.24) is 14.5 Å². The molecule has 0 aliphatic carbocycles. The Kier molecular flexibility index (Phi) is 10.6. The third kappa shape index (κ3) is 9.40. The van der Waals surface area contributed by atoms with Crippen molar-refractivity contribution in [3.63, 3.8) is 0 Å². The van der Waals surface area contributed by atoms with Crippen LogP contribution in [0, 0.1) is 6.92 Å². The predicted octanol–water partition coefficient (Wildman–Crippen LogP) is 2.90. The van der Waals surface area contributed by atoms with E-state index in [9.17, 15) is 14.4 Å². The largest absolute Gasteiger partial charge is 0.489 e. The van der Waals surface area contributed by atoms with Crippen LogP contribution in [0.2, 0.25) is 0 Å². The Labute approximate surface area is 230 Å². The minimum Gasteiger partial charge on any atom is -0.489 e. The summed E-state index contributed by atoms with van der Waals surface area (Å²) < 4.78 is 13.8. The van der Waals surface area contributed by atoms with Gasteiger partial charge in [-0.1, -0.05) is 18.2 Å². The molecule has 0 saturated heterocycles. The van der Waals surface area contributed by atoms with Crippen LogP contribution in [0.15, 0.2) is 65.1 Å². The molecule has 1 aliphatic rings. The summed E-state index contributed by atoms with van der Waals surface area (Å²) in [5, 5.41) is 33.8. The van der Waals surface area contributed by atoms with Gasteiger partial charge in [0.1, 0.15) is 23.9 Å². The molecule has 40 heavy (non-hydrogen) atoms. The number of aliphatic hydroxyl groups is 1. The van der Waals surface area contributed by atoms with Gasteiger partial charge in [0.2, 0.25) is 0 Å². The van der Waals surface area contributed by atoms with E-state index in [4.69, 9.17) is 29.6 Å². The predicted molar refractivity (Wildman–Crippen MR) is 143 cm³/mol. The minimum atomic E-state index is -2.74. The van der Waals surface area contributed by atoms with E-state index in [1.54, 1.807) is 0 Å². The van der Waals surface area contributed by atoms with Crippen LogP contribution in [0.3, 0.4) is 0 Å². The van der Waals surface area contributed by atoms with Gasteiger partial charge in [-0.05, 0) is 43.2 Å². The van der Waals surface area contributed by atoms with Crippen LogP contribution in [0.25, 0.3) is 6.08 Å². The van der Waals surface area contributed by atoms with Gasteiger partial charge in [0.15, 0.2) is 5.60 Å². The number of furan rings is 1. The number of carboxylic acid groups (broad SMARTS) is 3. The molecule has 0 unspecified atom stereocenters. The average molecular weight is 556 g/mol. The van der Waals surface area contributed by atoms with Crippen LogP contribution < -0.4 is 4.74 Å². The third-order valence-electron chi connectivity index (χ3n) is 6.03. The van der Waals surface area contributed by atoms with Crippen LogP contribution >= 0.6 is 0 Å². The van der Waals surface area contributed by atoms with Gasteiger partial charge < -0.3 is 34.1 Å². The molecule has 0 bridgehead atoms. The highest BCUT2D eigenvalue weighted by atomic mass is 16.5. The minimum absolute atomic E-state index is 0.645. The molecule has 3 heterocycles. The summed E-state index contributed by atoms with van der Waals surface area (Å²) in [6.07, 6.45) is 6.73. The highest BCUT2D eigenvalue weighted by molar-refractivity contribution is 5.88. The molecule has 12 nitrogen and oxygen atoms in total. The number of carboxylic acids is 3. The van der Waals surface area contributed by atoms with Gasteiger partial charge in [-0.15, -0.1) is 0 Å². The number of benzene rings is 1. The Morgan fingerprint density at radius 2 is 1.77 bits per heavy atom. The number of aliphatic carboxylic acids is 3. The van der Waals surface area contributed by atoms with Crippen molar-refractivity contribution in [1.29, 1.82) is 0 Å². The fraction of sp³-hybridized carbons (Fsp3) is 0.357. The number of fused-ring (bicyclic) bond motifs is 1. The van der Waals surface area contributed by atoms with Gasteiger partial charge in [0.05, 0.1) is 25.7 Å². The summed E-state index contributed by atoms with van der Waals surface area (Å²) in [5.74, 6) is -2.09. The van der Waals surface area contributed by atoms with Crippen molar-refractivity contribution >= 4 is 24.0 Å². The monoisotopic (exact) mass is 555 g/mol. The van der Waals surface area contributed by atoms with Crippen LogP contribution in [0.5, 0.6) is 5.75 Å². The van der Waals surface area contributed by atoms with Crippen LogP contribution in [-0.4, -0.2) is 78.1 Å². The highest BCUT2D eigenvalue weighted by Gasteiger charge is 2.40. The molecule has 214 valence electrons. The molecule has 0 saturated carbocycles. The zero-order chi connectivity index (χ0) is 29.1. The molecule has 0 amide bonds. The second-order valence-electron chi connectivity index (χ2n) is 9.48. The van der Waals surface area contributed by atoms with Gasteiger partial charge in [0.25, 0.3) is 0 Å². The smallest absolute Gasteiger partial charge is 0.336 e. The van der Waals surface area contributed by atoms with E-state index in [1.165, 1.54) is 5.57 Å². The lowest BCUT2D eigenvalue weighted by atomic mass is 9.96. The Morgan fingerprint density at radius 3 is 2.38 bits per heavy atom. The van der Waals surface area contributed by atoms with Crippen molar-refractivity contribution in [2.24, 2.45) is 0 Å². The average Bonchev–Trinajstić information content (AvgIpc) is 3.55. The second kappa shape index (κ2) is 14.1. The number of nitrogens with zero attached hydrogens (tertiary/aromatic N) is 3. The van der Waals surface area contributed by atoms with Crippen LogP contribution in [-0.2, 0) is 27.5 Å². The molecule has 4 N–H and O–H groups in total. The third-order valence-corrected chi connectivity index (χ3v) is 6.03. The van der Waals surface area contributed by atoms with E-state index < -0.39 is 36.4 Å². The maximum absolute atomic E-state index is 10.3. The quantitative estimate of drug-likeness (QED) is 0.244. The van der Waals surface area contributed by atoms with Crippen molar-refractivity contribution in [2.75, 3.05) is 19.7 Å². The number of hydrogen-bond donors (Lipinski definition) is 4. The van der Waals surface area contributed by atoms with Crippen molar-refractivity contribution in [3.8, 4) is 5.75 Å². The lowest BCUT2D eigenvalue weighted by Gasteiger charge is -2.25. The maximum Gasteiger partial charge on any atom is 0.336 e. The fourth-order valence-corrected chi connectivity index (χ4v) is 4.16. The van der Waals surface area contributed by atoms with Crippen molar-refractivity contribution in [2.45, 2.75) is 44.9 Å². The molecular formula is C28H33N3O9. The number of aryl methyl sites for hydroxylation is 2. The Hall–Kier alpha value is -4.42. The van der Waals surface area contributed by atoms with E-state index >= 15 is 0 Å². The summed E-state index contributed by atoms with van der Waals surface area (Å²) in [6, 6.07) is 12.3. The summed E-state index contributed by atoms with van der Waals surface area (Å²) >= 11 is 0. The topological polar surface area (TPSA) is 176 Å². The van der Waals surface area contributed by atoms with E-state index in [0.29, 0.717) is 6.61 Å². The number of imidazole rings is 1. The molecule has 4 rings (SSSR count). The molecule has 0 fully saturated rings. The van der Waals surface area contributed by atoms with Crippen LogP contribution in [0.1, 0.15) is 36.3 Å². The number of rotatable bonds is 13. The van der Waals surface area contributed by atoms with Gasteiger partial charge in [-0.2, -0.15) is 0 Å². The summed E-state index contributed by atoms with van der Waals surface area (Å²) in [4.78, 5) is 37.0. The maximum atomic E-state index is 10.3. The summed E-state index contributed by atoms with van der Waals surface area (Å²) in [5.41, 5.74) is -0.289. The molecule has 12 heteroatoms. The zero-order valence-electron chi connectivity index (χ0n) is 22.1.